The van der Waals surface area contributed by atoms with Crippen molar-refractivity contribution in [3.05, 3.63) is 71.5 Å². The first-order chi connectivity index (χ1) is 12.1. The molecule has 0 unspecified atom stereocenters. The molecule has 134 valence electrons. The van der Waals surface area contributed by atoms with E-state index in [2.05, 4.69) is 49.3 Å². The minimum Gasteiger partial charge on any atom is -0.374 e. The number of ether oxygens (including phenoxy) is 1. The summed E-state index contributed by atoms with van der Waals surface area (Å²) in [5.74, 6) is -0.196. The summed E-state index contributed by atoms with van der Waals surface area (Å²) in [4.78, 5) is 2.40. The molecular formula is C22H28FNO. The van der Waals surface area contributed by atoms with Gasteiger partial charge in [-0.25, -0.2) is 4.39 Å². The normalized spacial score (nSPS) is 23.8. The van der Waals surface area contributed by atoms with Gasteiger partial charge in [0.1, 0.15) is 5.82 Å². The van der Waals surface area contributed by atoms with Crippen LogP contribution in [-0.2, 0) is 17.8 Å². The van der Waals surface area contributed by atoms with Crippen LogP contribution in [-0.4, -0.2) is 30.6 Å². The van der Waals surface area contributed by atoms with E-state index < -0.39 is 0 Å². The fourth-order valence-electron chi connectivity index (χ4n) is 3.85. The van der Waals surface area contributed by atoms with Gasteiger partial charge in [0.15, 0.2) is 0 Å². The van der Waals surface area contributed by atoms with E-state index in [0.717, 1.165) is 37.7 Å². The first-order valence-electron chi connectivity index (χ1n) is 9.15. The molecule has 2 aromatic carbocycles. The van der Waals surface area contributed by atoms with E-state index in [4.69, 9.17) is 4.74 Å². The van der Waals surface area contributed by atoms with E-state index in [1.807, 2.05) is 0 Å². The molecule has 25 heavy (non-hydrogen) atoms. The lowest BCUT2D eigenvalue weighted by molar-refractivity contribution is -0.0230. The Hall–Kier alpha value is -1.71. The largest absolute Gasteiger partial charge is 0.374 e. The Balaban J connectivity index is 1.55. The molecule has 1 fully saturated rings. The van der Waals surface area contributed by atoms with E-state index in [-0.39, 0.29) is 11.4 Å². The van der Waals surface area contributed by atoms with E-state index in [9.17, 15) is 4.39 Å². The summed E-state index contributed by atoms with van der Waals surface area (Å²) >= 11 is 0. The molecule has 3 rings (SSSR count). The van der Waals surface area contributed by atoms with Gasteiger partial charge in [-0.05, 0) is 69.5 Å². The summed E-state index contributed by atoms with van der Waals surface area (Å²) in [6.07, 6.45) is 5.82. The molecule has 0 saturated heterocycles. The molecule has 0 aromatic heterocycles. The van der Waals surface area contributed by atoms with Gasteiger partial charge in [0.2, 0.25) is 0 Å². The zero-order valence-corrected chi connectivity index (χ0v) is 15.2. The van der Waals surface area contributed by atoms with Gasteiger partial charge in [-0.15, -0.1) is 0 Å². The molecule has 0 bridgehead atoms. The van der Waals surface area contributed by atoms with Crippen LogP contribution < -0.4 is 0 Å². The molecule has 2 aromatic rings. The first-order valence-corrected chi connectivity index (χ1v) is 9.15. The molecule has 1 aliphatic carbocycles. The summed E-state index contributed by atoms with van der Waals surface area (Å²) in [7, 11) is 4.39. The summed E-state index contributed by atoms with van der Waals surface area (Å²) in [6, 6.07) is 17.4. The molecule has 1 saturated carbocycles. The molecular weight excluding hydrogens is 313 g/mol. The Morgan fingerprint density at radius 2 is 1.60 bits per heavy atom. The van der Waals surface area contributed by atoms with Crippen LogP contribution >= 0.6 is 0 Å². The van der Waals surface area contributed by atoms with Crippen LogP contribution in [0.2, 0.25) is 0 Å². The minimum absolute atomic E-state index is 0.196. The van der Waals surface area contributed by atoms with Gasteiger partial charge in [0.05, 0.1) is 12.7 Å². The van der Waals surface area contributed by atoms with Gasteiger partial charge in [-0.3, -0.25) is 0 Å². The summed E-state index contributed by atoms with van der Waals surface area (Å²) < 4.78 is 19.1. The van der Waals surface area contributed by atoms with Gasteiger partial charge in [0.25, 0.3) is 0 Å². The predicted octanol–water partition coefficient (Wildman–Crippen LogP) is 4.83. The molecule has 1 aliphatic rings. The fourth-order valence-corrected chi connectivity index (χ4v) is 3.85. The number of benzene rings is 2. The van der Waals surface area contributed by atoms with Crippen LogP contribution in [0.15, 0.2) is 54.6 Å². The highest BCUT2D eigenvalue weighted by molar-refractivity contribution is 5.19. The monoisotopic (exact) mass is 341 g/mol. The Kier molecular flexibility index (Phi) is 5.87. The van der Waals surface area contributed by atoms with E-state index in [0.29, 0.717) is 12.7 Å². The van der Waals surface area contributed by atoms with Gasteiger partial charge < -0.3 is 9.64 Å². The second-order valence-corrected chi connectivity index (χ2v) is 7.42. The highest BCUT2D eigenvalue weighted by Gasteiger charge is 2.37. The van der Waals surface area contributed by atoms with Crippen LogP contribution in [0.3, 0.4) is 0 Å². The number of nitrogens with zero attached hydrogens (tertiary/aromatic N) is 1. The molecule has 0 radical (unpaired) electrons. The number of likely N-dealkylation sites (N-methyl/N-ethyl adjacent to an activating group) is 1. The lowest BCUT2D eigenvalue weighted by Gasteiger charge is -2.45. The number of hydrogen-bond donors (Lipinski definition) is 0. The second kappa shape index (κ2) is 8.11. The topological polar surface area (TPSA) is 12.5 Å². The predicted molar refractivity (Wildman–Crippen MR) is 100 cm³/mol. The molecule has 0 spiro atoms. The van der Waals surface area contributed by atoms with Crippen molar-refractivity contribution >= 4 is 0 Å². The third-order valence-electron chi connectivity index (χ3n) is 5.59. The van der Waals surface area contributed by atoms with Crippen molar-refractivity contribution in [2.75, 3.05) is 14.1 Å². The van der Waals surface area contributed by atoms with Crippen molar-refractivity contribution in [1.82, 2.24) is 4.90 Å². The van der Waals surface area contributed by atoms with Crippen molar-refractivity contribution in [2.45, 2.75) is 50.4 Å². The number of halogens is 1. The maximum absolute atomic E-state index is 13.0. The summed E-state index contributed by atoms with van der Waals surface area (Å²) in [5, 5.41) is 0. The van der Waals surface area contributed by atoms with Crippen LogP contribution in [0.4, 0.5) is 4.39 Å². The zero-order chi connectivity index (χ0) is 17.7. The fraction of sp³-hybridized carbons (Fsp3) is 0.455. The third-order valence-corrected chi connectivity index (χ3v) is 5.59. The highest BCUT2D eigenvalue weighted by Crippen LogP contribution is 2.36. The summed E-state index contributed by atoms with van der Waals surface area (Å²) in [5.41, 5.74) is 2.66. The van der Waals surface area contributed by atoms with Crippen LogP contribution in [0.1, 0.15) is 36.8 Å². The smallest absolute Gasteiger partial charge is 0.123 e. The first kappa shape index (κ1) is 18.1. The average Bonchev–Trinajstić information content (AvgIpc) is 2.63. The quantitative estimate of drug-likeness (QED) is 0.746. The Morgan fingerprint density at radius 1 is 0.960 bits per heavy atom. The van der Waals surface area contributed by atoms with Crippen LogP contribution in [0.5, 0.6) is 0 Å². The molecule has 0 aliphatic heterocycles. The highest BCUT2D eigenvalue weighted by atomic mass is 19.1. The lowest BCUT2D eigenvalue weighted by atomic mass is 9.75. The Bertz CT molecular complexity index is 645. The SMILES string of the molecule is CN(C)C1(Cc2ccccc2)CCC(OCc2ccc(F)cc2)CC1. The van der Waals surface area contributed by atoms with Crippen molar-refractivity contribution in [2.24, 2.45) is 0 Å². The molecule has 0 heterocycles. The number of rotatable bonds is 6. The van der Waals surface area contributed by atoms with E-state index in [1.165, 1.54) is 17.7 Å². The van der Waals surface area contributed by atoms with E-state index >= 15 is 0 Å². The molecule has 2 nitrogen and oxygen atoms in total. The van der Waals surface area contributed by atoms with Crippen molar-refractivity contribution in [3.63, 3.8) is 0 Å². The molecule has 0 N–H and O–H groups in total. The van der Waals surface area contributed by atoms with Crippen molar-refractivity contribution < 1.29 is 9.13 Å². The maximum Gasteiger partial charge on any atom is 0.123 e. The summed E-state index contributed by atoms with van der Waals surface area (Å²) in [6.45, 7) is 0.568. The second-order valence-electron chi connectivity index (χ2n) is 7.42. The van der Waals surface area contributed by atoms with Crippen LogP contribution in [0, 0.1) is 5.82 Å². The number of hydrogen-bond acceptors (Lipinski definition) is 2. The molecule has 0 atom stereocenters. The Morgan fingerprint density at radius 3 is 2.20 bits per heavy atom. The molecule has 3 heteroatoms. The maximum atomic E-state index is 13.0. The van der Waals surface area contributed by atoms with Crippen molar-refractivity contribution in [1.29, 1.82) is 0 Å². The van der Waals surface area contributed by atoms with Gasteiger partial charge in [-0.1, -0.05) is 42.5 Å². The van der Waals surface area contributed by atoms with Crippen LogP contribution in [0.25, 0.3) is 0 Å². The Labute approximate surface area is 150 Å². The lowest BCUT2D eigenvalue weighted by Crippen LogP contribution is -2.49. The minimum atomic E-state index is -0.196. The van der Waals surface area contributed by atoms with Gasteiger partial charge >= 0.3 is 0 Å². The van der Waals surface area contributed by atoms with Gasteiger partial charge in [-0.2, -0.15) is 0 Å². The average molecular weight is 341 g/mol. The molecule has 0 amide bonds. The zero-order valence-electron chi connectivity index (χ0n) is 15.2. The van der Waals surface area contributed by atoms with Crippen molar-refractivity contribution in [3.8, 4) is 0 Å². The third kappa shape index (κ3) is 4.68. The standard InChI is InChI=1S/C22H28FNO/c1-24(2)22(16-18-6-4-3-5-7-18)14-12-21(13-15-22)25-17-19-8-10-20(23)11-9-19/h3-11,21H,12-17H2,1-2H3. The van der Waals surface area contributed by atoms with Gasteiger partial charge in [0, 0.05) is 5.54 Å². The van der Waals surface area contributed by atoms with E-state index in [1.54, 1.807) is 12.1 Å².